The molecule has 132 valence electrons. The van der Waals surface area contributed by atoms with Gasteiger partial charge >= 0.3 is 0 Å². The van der Waals surface area contributed by atoms with Crippen molar-refractivity contribution in [3.63, 3.8) is 0 Å². The van der Waals surface area contributed by atoms with Crippen molar-refractivity contribution in [3.8, 4) is 0 Å². The highest BCUT2D eigenvalue weighted by molar-refractivity contribution is 5.83. The van der Waals surface area contributed by atoms with E-state index in [0.29, 0.717) is 36.8 Å². The Labute approximate surface area is 144 Å². The van der Waals surface area contributed by atoms with Crippen LogP contribution in [0.2, 0.25) is 0 Å². The summed E-state index contributed by atoms with van der Waals surface area (Å²) in [4.78, 5) is 18.9. The van der Waals surface area contributed by atoms with Crippen molar-refractivity contribution in [2.75, 3.05) is 13.1 Å². The Morgan fingerprint density at radius 1 is 1.36 bits per heavy atom. The van der Waals surface area contributed by atoms with Crippen molar-refractivity contribution in [2.45, 2.75) is 38.0 Å². The lowest BCUT2D eigenvalue weighted by molar-refractivity contribution is -0.133. The Balaban J connectivity index is 1.43. The molecule has 1 saturated carbocycles. The highest BCUT2D eigenvalue weighted by Gasteiger charge is 2.47. The molecular weight excluding hydrogens is 328 g/mol. The Hall–Kier alpha value is -2.31. The number of carbonyl (C=O) groups is 1. The van der Waals surface area contributed by atoms with Crippen LogP contribution in [-0.2, 0) is 4.79 Å². The summed E-state index contributed by atoms with van der Waals surface area (Å²) in [6.45, 7) is 3.00. The first-order chi connectivity index (χ1) is 12.0. The molecule has 1 aromatic heterocycles. The second kappa shape index (κ2) is 6.20. The maximum absolute atomic E-state index is 13.9. The molecule has 2 heterocycles. The number of carbonyl (C=O) groups excluding carboxylic acids is 1. The third-order valence-corrected chi connectivity index (χ3v) is 5.11. The first-order valence-electron chi connectivity index (χ1n) is 8.57. The van der Waals surface area contributed by atoms with Gasteiger partial charge in [-0.25, -0.2) is 8.78 Å². The number of hydrogen-bond donors (Lipinski definition) is 0. The molecule has 1 saturated heterocycles. The zero-order chi connectivity index (χ0) is 17.6. The van der Waals surface area contributed by atoms with Crippen molar-refractivity contribution in [1.29, 1.82) is 0 Å². The SMILES string of the molecule is Cc1nc(C2CCCN(C(=O)C3CC3c3ccc(F)cc3F)C2)no1. The van der Waals surface area contributed by atoms with Gasteiger partial charge in [-0.3, -0.25) is 4.79 Å². The fourth-order valence-corrected chi connectivity index (χ4v) is 3.72. The fraction of sp³-hybridized carbons (Fsp3) is 0.500. The minimum Gasteiger partial charge on any atom is -0.342 e. The molecule has 1 aliphatic carbocycles. The van der Waals surface area contributed by atoms with Gasteiger partial charge in [-0.05, 0) is 36.8 Å². The molecule has 3 atom stereocenters. The zero-order valence-corrected chi connectivity index (χ0v) is 13.9. The average Bonchev–Trinajstić information content (AvgIpc) is 3.26. The van der Waals surface area contributed by atoms with Crippen LogP contribution < -0.4 is 0 Å². The third-order valence-electron chi connectivity index (χ3n) is 5.11. The van der Waals surface area contributed by atoms with Gasteiger partial charge in [0.15, 0.2) is 5.82 Å². The summed E-state index contributed by atoms with van der Waals surface area (Å²) in [6, 6.07) is 3.57. The van der Waals surface area contributed by atoms with E-state index in [-0.39, 0.29) is 23.7 Å². The molecule has 2 aromatic rings. The van der Waals surface area contributed by atoms with Gasteiger partial charge in [0.25, 0.3) is 0 Å². The number of piperidine rings is 1. The van der Waals surface area contributed by atoms with Crippen LogP contribution in [0, 0.1) is 24.5 Å². The molecule has 0 bridgehead atoms. The molecule has 0 N–H and O–H groups in total. The van der Waals surface area contributed by atoms with E-state index in [1.54, 1.807) is 6.92 Å². The third kappa shape index (κ3) is 3.15. The monoisotopic (exact) mass is 347 g/mol. The highest BCUT2D eigenvalue weighted by atomic mass is 19.1. The lowest BCUT2D eigenvalue weighted by atomic mass is 9.96. The standard InChI is InChI=1S/C18H19F2N3O2/c1-10-21-17(22-25-10)11-3-2-6-23(9-11)18(24)15-8-14(15)13-5-4-12(19)7-16(13)20/h4-5,7,11,14-15H,2-3,6,8-9H2,1H3. The Morgan fingerprint density at radius 3 is 2.92 bits per heavy atom. The van der Waals surface area contributed by atoms with Crippen molar-refractivity contribution in [3.05, 3.63) is 47.1 Å². The van der Waals surface area contributed by atoms with Gasteiger partial charge < -0.3 is 9.42 Å². The molecule has 7 heteroatoms. The number of benzene rings is 1. The van der Waals surface area contributed by atoms with E-state index in [2.05, 4.69) is 10.1 Å². The summed E-state index contributed by atoms with van der Waals surface area (Å²) in [6.07, 6.45) is 2.42. The van der Waals surface area contributed by atoms with Crippen molar-refractivity contribution >= 4 is 5.91 Å². The maximum Gasteiger partial charge on any atom is 0.226 e. The van der Waals surface area contributed by atoms with Gasteiger partial charge in [0, 0.05) is 37.9 Å². The van der Waals surface area contributed by atoms with Gasteiger partial charge in [0.1, 0.15) is 11.6 Å². The van der Waals surface area contributed by atoms with Crippen molar-refractivity contribution in [2.24, 2.45) is 5.92 Å². The summed E-state index contributed by atoms with van der Waals surface area (Å²) in [7, 11) is 0. The normalized spacial score (nSPS) is 25.9. The quantitative estimate of drug-likeness (QED) is 0.856. The van der Waals surface area contributed by atoms with E-state index in [9.17, 15) is 13.6 Å². The number of hydrogen-bond acceptors (Lipinski definition) is 4. The molecule has 3 unspecified atom stereocenters. The Morgan fingerprint density at radius 2 is 2.20 bits per heavy atom. The topological polar surface area (TPSA) is 59.2 Å². The minimum atomic E-state index is -0.598. The molecule has 2 aliphatic rings. The number of rotatable bonds is 3. The molecule has 0 radical (unpaired) electrons. The molecule has 1 aliphatic heterocycles. The zero-order valence-electron chi connectivity index (χ0n) is 13.9. The van der Waals surface area contributed by atoms with Crippen LogP contribution in [0.3, 0.4) is 0 Å². The van der Waals surface area contributed by atoms with Gasteiger partial charge in [0.05, 0.1) is 0 Å². The molecular formula is C18H19F2N3O2. The summed E-state index contributed by atoms with van der Waals surface area (Å²) in [5.41, 5.74) is 0.433. The molecule has 4 rings (SSSR count). The van der Waals surface area contributed by atoms with E-state index in [4.69, 9.17) is 4.52 Å². The van der Waals surface area contributed by atoms with E-state index in [1.165, 1.54) is 12.1 Å². The van der Waals surface area contributed by atoms with Crippen LogP contribution in [0.15, 0.2) is 22.7 Å². The van der Waals surface area contributed by atoms with Gasteiger partial charge in [-0.1, -0.05) is 11.2 Å². The molecule has 1 amide bonds. The number of amides is 1. The van der Waals surface area contributed by atoms with Crippen LogP contribution in [0.1, 0.15) is 48.4 Å². The predicted molar refractivity (Wildman–Crippen MR) is 84.8 cm³/mol. The first kappa shape index (κ1) is 16.2. The number of halogens is 2. The van der Waals surface area contributed by atoms with Crippen LogP contribution >= 0.6 is 0 Å². The molecule has 0 spiro atoms. The molecule has 5 nitrogen and oxygen atoms in total. The summed E-state index contributed by atoms with van der Waals surface area (Å²) in [5.74, 6) is -0.252. The first-order valence-corrected chi connectivity index (χ1v) is 8.57. The second-order valence-corrected chi connectivity index (χ2v) is 6.91. The number of aryl methyl sites for hydroxylation is 1. The average molecular weight is 347 g/mol. The summed E-state index contributed by atoms with van der Waals surface area (Å²) < 4.78 is 32.0. The largest absolute Gasteiger partial charge is 0.342 e. The van der Waals surface area contributed by atoms with Crippen LogP contribution in [0.25, 0.3) is 0 Å². The van der Waals surface area contributed by atoms with Crippen molar-refractivity contribution in [1.82, 2.24) is 15.0 Å². The maximum atomic E-state index is 13.9. The van der Waals surface area contributed by atoms with Crippen molar-refractivity contribution < 1.29 is 18.1 Å². The van der Waals surface area contributed by atoms with Crippen LogP contribution in [-0.4, -0.2) is 34.0 Å². The van der Waals surface area contributed by atoms with Gasteiger partial charge in [-0.15, -0.1) is 0 Å². The number of likely N-dealkylation sites (tertiary alicyclic amines) is 1. The minimum absolute atomic E-state index is 0.0404. The Bertz CT molecular complexity index is 807. The van der Waals surface area contributed by atoms with E-state index < -0.39 is 11.6 Å². The van der Waals surface area contributed by atoms with E-state index in [0.717, 1.165) is 18.9 Å². The van der Waals surface area contributed by atoms with Gasteiger partial charge in [-0.2, -0.15) is 4.98 Å². The van der Waals surface area contributed by atoms with Crippen LogP contribution in [0.4, 0.5) is 8.78 Å². The predicted octanol–water partition coefficient (Wildman–Crippen LogP) is 3.17. The lowest BCUT2D eigenvalue weighted by Gasteiger charge is -2.31. The highest BCUT2D eigenvalue weighted by Crippen LogP contribution is 2.49. The molecule has 1 aromatic carbocycles. The number of aromatic nitrogens is 2. The fourth-order valence-electron chi connectivity index (χ4n) is 3.72. The molecule has 2 fully saturated rings. The Kier molecular flexibility index (Phi) is 4.01. The van der Waals surface area contributed by atoms with Gasteiger partial charge in [0.2, 0.25) is 11.8 Å². The smallest absolute Gasteiger partial charge is 0.226 e. The molecule has 25 heavy (non-hydrogen) atoms. The van der Waals surface area contributed by atoms with E-state index >= 15 is 0 Å². The summed E-state index contributed by atoms with van der Waals surface area (Å²) >= 11 is 0. The van der Waals surface area contributed by atoms with E-state index in [1.807, 2.05) is 4.90 Å². The lowest BCUT2D eigenvalue weighted by Crippen LogP contribution is -2.40. The summed E-state index contributed by atoms with van der Waals surface area (Å²) in [5, 5.41) is 3.97. The van der Waals surface area contributed by atoms with Crippen LogP contribution in [0.5, 0.6) is 0 Å². The second-order valence-electron chi connectivity index (χ2n) is 6.91. The number of nitrogens with zero attached hydrogens (tertiary/aromatic N) is 3.